The zero-order valence-corrected chi connectivity index (χ0v) is 6.51. The fourth-order valence-corrected chi connectivity index (χ4v) is 1.16. The molecule has 5 nitrogen and oxygen atoms in total. The topological polar surface area (TPSA) is 98.0 Å². The van der Waals surface area contributed by atoms with E-state index in [-0.39, 0.29) is 0 Å². The maximum Gasteiger partial charge on any atom is 0.334 e. The molecule has 0 aromatic heterocycles. The minimum Gasteiger partial charge on any atom is -0.478 e. The van der Waals surface area contributed by atoms with Crippen LogP contribution in [0.15, 0.2) is 11.4 Å². The first-order valence-electron chi connectivity index (χ1n) is 3.61. The summed E-state index contributed by atoms with van der Waals surface area (Å²) in [6, 6.07) is 0. The lowest BCUT2D eigenvalue weighted by Gasteiger charge is -2.27. The van der Waals surface area contributed by atoms with Crippen molar-refractivity contribution in [3.05, 3.63) is 11.4 Å². The zero-order valence-electron chi connectivity index (χ0n) is 6.51. The number of aliphatic hydroxyl groups excluding tert-OH is 3. The number of carboxylic acids is 1. The van der Waals surface area contributed by atoms with Gasteiger partial charge >= 0.3 is 5.97 Å². The van der Waals surface area contributed by atoms with Crippen LogP contribution in [-0.4, -0.2) is 44.7 Å². The second kappa shape index (κ2) is 3.41. The van der Waals surface area contributed by atoms with Gasteiger partial charge in [-0.25, -0.2) is 9.18 Å². The number of halogens is 1. The molecule has 1 aliphatic carbocycles. The number of carboxylic acid groups (broad SMARTS) is 1. The molecule has 0 spiro atoms. The zero-order chi connectivity index (χ0) is 10.2. The van der Waals surface area contributed by atoms with Crippen LogP contribution in [0.4, 0.5) is 4.39 Å². The molecule has 0 aromatic carbocycles. The van der Waals surface area contributed by atoms with Crippen molar-refractivity contribution in [3.63, 3.8) is 0 Å². The first kappa shape index (κ1) is 10.1. The van der Waals surface area contributed by atoms with E-state index in [1.165, 1.54) is 0 Å². The summed E-state index contributed by atoms with van der Waals surface area (Å²) in [5.74, 6) is -2.83. The molecule has 0 amide bonds. The molecule has 1 rings (SSSR count). The third-order valence-electron chi connectivity index (χ3n) is 1.94. The van der Waals surface area contributed by atoms with Crippen LogP contribution in [0.2, 0.25) is 0 Å². The molecule has 4 N–H and O–H groups in total. The number of aliphatic hydroxyl groups is 3. The van der Waals surface area contributed by atoms with Crippen molar-refractivity contribution in [2.45, 2.75) is 24.7 Å². The third kappa shape index (κ3) is 1.69. The van der Waals surface area contributed by atoms with E-state index in [1.807, 2.05) is 0 Å². The maximum absolute atomic E-state index is 12.9. The Balaban J connectivity index is 3.01. The number of rotatable bonds is 1. The number of hydrogen-bond acceptors (Lipinski definition) is 4. The normalized spacial score (nSPS) is 34.9. The highest BCUT2D eigenvalue weighted by Crippen LogP contribution is 2.26. The summed E-state index contributed by atoms with van der Waals surface area (Å²) in [6.45, 7) is 0. The van der Waals surface area contributed by atoms with Crippen LogP contribution < -0.4 is 0 Å². The molecule has 0 aromatic rings. The largest absolute Gasteiger partial charge is 0.478 e. The van der Waals surface area contributed by atoms with Gasteiger partial charge in [-0.1, -0.05) is 0 Å². The van der Waals surface area contributed by atoms with Gasteiger partial charge in [0.25, 0.3) is 0 Å². The molecule has 0 saturated carbocycles. The number of carbonyl (C=O) groups is 1. The van der Waals surface area contributed by atoms with Gasteiger partial charge < -0.3 is 20.4 Å². The smallest absolute Gasteiger partial charge is 0.334 e. The van der Waals surface area contributed by atoms with Crippen molar-refractivity contribution in [1.82, 2.24) is 0 Å². The van der Waals surface area contributed by atoms with Crippen molar-refractivity contribution in [2.24, 2.45) is 0 Å². The van der Waals surface area contributed by atoms with Gasteiger partial charge in [-0.15, -0.1) is 0 Å². The summed E-state index contributed by atoms with van der Waals surface area (Å²) >= 11 is 0. The summed E-state index contributed by atoms with van der Waals surface area (Å²) in [5.41, 5.74) is -0.690. The second-order valence-electron chi connectivity index (χ2n) is 2.84. The molecule has 0 aliphatic heterocycles. The van der Waals surface area contributed by atoms with E-state index in [1.54, 1.807) is 0 Å². The van der Waals surface area contributed by atoms with Crippen molar-refractivity contribution in [2.75, 3.05) is 0 Å². The standard InChI is InChI=1S/C7H9FO5/c8-4-2(7(12)13)1-3(9)5(10)6(4)11/h3,5-6,9-11H,1H2,(H,12,13). The Morgan fingerprint density at radius 3 is 2.38 bits per heavy atom. The molecular formula is C7H9FO5. The van der Waals surface area contributed by atoms with Gasteiger partial charge in [-0.3, -0.25) is 0 Å². The van der Waals surface area contributed by atoms with E-state index >= 15 is 0 Å². The molecule has 6 heteroatoms. The van der Waals surface area contributed by atoms with Crippen LogP contribution in [0, 0.1) is 0 Å². The van der Waals surface area contributed by atoms with E-state index in [9.17, 15) is 9.18 Å². The van der Waals surface area contributed by atoms with Crippen molar-refractivity contribution in [3.8, 4) is 0 Å². The van der Waals surface area contributed by atoms with Crippen LogP contribution in [0.5, 0.6) is 0 Å². The third-order valence-corrected chi connectivity index (χ3v) is 1.94. The van der Waals surface area contributed by atoms with E-state index in [0.29, 0.717) is 0 Å². The number of aliphatic carboxylic acids is 1. The Kier molecular flexibility index (Phi) is 2.65. The minimum atomic E-state index is -1.95. The first-order chi connectivity index (χ1) is 5.95. The first-order valence-corrected chi connectivity index (χ1v) is 3.61. The molecule has 1 aliphatic rings. The van der Waals surface area contributed by atoms with Gasteiger partial charge in [-0.2, -0.15) is 0 Å². The van der Waals surface area contributed by atoms with Crippen LogP contribution in [0.3, 0.4) is 0 Å². The minimum absolute atomic E-state index is 0.501. The van der Waals surface area contributed by atoms with Crippen LogP contribution in [0.1, 0.15) is 6.42 Å². The van der Waals surface area contributed by atoms with Crippen molar-refractivity contribution < 1.29 is 29.6 Å². The number of hydrogen-bond donors (Lipinski definition) is 4. The van der Waals surface area contributed by atoms with Crippen LogP contribution in [-0.2, 0) is 4.79 Å². The van der Waals surface area contributed by atoms with Gasteiger partial charge in [0.15, 0.2) is 0 Å². The average Bonchev–Trinajstić information content (AvgIpc) is 2.07. The molecule has 0 fully saturated rings. The monoisotopic (exact) mass is 192 g/mol. The highest BCUT2D eigenvalue weighted by atomic mass is 19.1. The quantitative estimate of drug-likeness (QED) is 0.417. The molecule has 0 radical (unpaired) electrons. The molecule has 3 atom stereocenters. The van der Waals surface area contributed by atoms with Crippen molar-refractivity contribution in [1.29, 1.82) is 0 Å². The van der Waals surface area contributed by atoms with E-state index in [0.717, 1.165) is 0 Å². The Bertz CT molecular complexity index is 262. The predicted octanol–water partition coefficient (Wildman–Crippen LogP) is -1.22. The summed E-state index contributed by atoms with van der Waals surface area (Å²) in [6.07, 6.45) is -5.56. The SMILES string of the molecule is O=C(O)C1=C(F)C(O)C(O)C(O)C1. The fourth-order valence-electron chi connectivity index (χ4n) is 1.16. The Morgan fingerprint density at radius 1 is 1.38 bits per heavy atom. The maximum atomic E-state index is 12.9. The van der Waals surface area contributed by atoms with E-state index in [4.69, 9.17) is 20.4 Å². The molecule has 3 unspecified atom stereocenters. The summed E-state index contributed by atoms with van der Waals surface area (Å²) in [4.78, 5) is 10.4. The van der Waals surface area contributed by atoms with E-state index < -0.39 is 42.1 Å². The molecule has 0 saturated heterocycles. The lowest BCUT2D eigenvalue weighted by molar-refractivity contribution is -0.135. The highest BCUT2D eigenvalue weighted by molar-refractivity contribution is 5.87. The molecular weight excluding hydrogens is 183 g/mol. The summed E-state index contributed by atoms with van der Waals surface area (Å²) in [5, 5.41) is 35.3. The summed E-state index contributed by atoms with van der Waals surface area (Å²) in [7, 11) is 0. The highest BCUT2D eigenvalue weighted by Gasteiger charge is 2.38. The average molecular weight is 192 g/mol. The Labute approximate surface area is 72.7 Å². The molecule has 0 bridgehead atoms. The Morgan fingerprint density at radius 2 is 1.92 bits per heavy atom. The molecule has 0 heterocycles. The van der Waals surface area contributed by atoms with Gasteiger partial charge in [-0.05, 0) is 0 Å². The van der Waals surface area contributed by atoms with E-state index in [2.05, 4.69) is 0 Å². The predicted molar refractivity (Wildman–Crippen MR) is 38.4 cm³/mol. The van der Waals surface area contributed by atoms with Crippen LogP contribution >= 0.6 is 0 Å². The van der Waals surface area contributed by atoms with Crippen molar-refractivity contribution >= 4 is 5.97 Å². The summed E-state index contributed by atoms with van der Waals surface area (Å²) < 4.78 is 12.9. The molecule has 13 heavy (non-hydrogen) atoms. The van der Waals surface area contributed by atoms with Gasteiger partial charge in [0.05, 0.1) is 11.7 Å². The van der Waals surface area contributed by atoms with Gasteiger partial charge in [0.2, 0.25) is 0 Å². The van der Waals surface area contributed by atoms with Crippen LogP contribution in [0.25, 0.3) is 0 Å². The van der Waals surface area contributed by atoms with Gasteiger partial charge in [0.1, 0.15) is 18.0 Å². The Hall–Kier alpha value is -0.980. The molecule has 74 valence electrons. The lowest BCUT2D eigenvalue weighted by Crippen LogP contribution is -2.43. The fraction of sp³-hybridized carbons (Fsp3) is 0.571. The second-order valence-corrected chi connectivity index (χ2v) is 2.84. The van der Waals surface area contributed by atoms with Gasteiger partial charge in [0, 0.05) is 6.42 Å². The lowest BCUT2D eigenvalue weighted by atomic mass is 9.91.